The van der Waals surface area contributed by atoms with E-state index in [0.717, 1.165) is 0 Å². The molecule has 0 aromatic heterocycles. The normalized spacial score (nSPS) is 10.6. The summed E-state index contributed by atoms with van der Waals surface area (Å²) in [6.07, 6.45) is 3.64. The first-order valence-electron chi connectivity index (χ1n) is 6.48. The Bertz CT molecular complexity index is 768. The van der Waals surface area contributed by atoms with Crippen LogP contribution in [0.2, 0.25) is 0 Å². The van der Waals surface area contributed by atoms with E-state index < -0.39 is 17.1 Å². The third-order valence-electron chi connectivity index (χ3n) is 3.29. The molecule has 0 fully saturated rings. The van der Waals surface area contributed by atoms with E-state index in [1.54, 1.807) is 12.1 Å². The molecule has 0 unspecified atom stereocenters. The second-order valence-electron chi connectivity index (χ2n) is 4.63. The van der Waals surface area contributed by atoms with Crippen LogP contribution < -0.4 is 0 Å². The van der Waals surface area contributed by atoms with E-state index in [1.807, 2.05) is 0 Å². The summed E-state index contributed by atoms with van der Waals surface area (Å²) < 4.78 is 0. The maximum atomic E-state index is 11.2. The lowest BCUT2D eigenvalue weighted by Gasteiger charge is -2.11. The molecule has 3 N–H and O–H groups in total. The van der Waals surface area contributed by atoms with E-state index in [2.05, 4.69) is 0 Å². The molecule has 0 atom stereocenters. The van der Waals surface area contributed by atoms with Crippen LogP contribution in [0.15, 0.2) is 24.3 Å². The zero-order chi connectivity index (χ0) is 17.0. The van der Waals surface area contributed by atoms with Gasteiger partial charge in [0.1, 0.15) is 17.2 Å². The number of benzene rings is 2. The summed E-state index contributed by atoms with van der Waals surface area (Å²) in [5.74, 6) is -1.30. The fourth-order valence-corrected chi connectivity index (χ4v) is 2.10. The molecule has 6 nitrogen and oxygen atoms in total. The van der Waals surface area contributed by atoms with Crippen molar-refractivity contribution in [2.75, 3.05) is 0 Å². The molecule has 0 spiro atoms. The van der Waals surface area contributed by atoms with Crippen molar-refractivity contribution >= 4 is 31.0 Å². The molecule has 0 saturated heterocycles. The first-order valence-corrected chi connectivity index (χ1v) is 6.48. The van der Waals surface area contributed by atoms with Gasteiger partial charge in [-0.3, -0.25) is 14.4 Å². The smallest absolute Gasteiger partial charge is 0.157 e. The van der Waals surface area contributed by atoms with Crippen LogP contribution in [0.5, 0.6) is 17.2 Å². The molecule has 0 heterocycles. The fourth-order valence-electron chi connectivity index (χ4n) is 2.10. The van der Waals surface area contributed by atoms with Gasteiger partial charge in [-0.05, 0) is 17.7 Å². The van der Waals surface area contributed by atoms with Crippen molar-refractivity contribution in [2.45, 2.75) is 0 Å². The third-order valence-corrected chi connectivity index (χ3v) is 3.29. The first kappa shape index (κ1) is 16.0. The molecule has 0 aliphatic carbocycles. The average molecular weight is 312 g/mol. The van der Waals surface area contributed by atoms with Crippen molar-refractivity contribution in [3.05, 3.63) is 52.1 Å². The highest BCUT2D eigenvalue weighted by molar-refractivity contribution is 6.02. The highest BCUT2D eigenvalue weighted by Gasteiger charge is 2.21. The topological polar surface area (TPSA) is 112 Å². The van der Waals surface area contributed by atoms with Crippen LogP contribution in [-0.2, 0) is 0 Å². The summed E-state index contributed by atoms with van der Waals surface area (Å²) in [5.41, 5.74) is -0.432. The second kappa shape index (κ2) is 6.57. The number of hydrogen-bond donors (Lipinski definition) is 3. The van der Waals surface area contributed by atoms with Crippen LogP contribution in [-0.4, -0.2) is 34.2 Å². The van der Waals surface area contributed by atoms with E-state index in [1.165, 1.54) is 24.3 Å². The summed E-state index contributed by atoms with van der Waals surface area (Å²) >= 11 is 0. The highest BCUT2D eigenvalue weighted by Crippen LogP contribution is 2.36. The predicted molar refractivity (Wildman–Crippen MR) is 83.0 cm³/mol. The Kier molecular flexibility index (Phi) is 4.56. The fraction of sp³-hybridized carbons (Fsp3) is 0. The Balaban J connectivity index is 2.65. The summed E-state index contributed by atoms with van der Waals surface area (Å²) in [6, 6.07) is 6.08. The average Bonchev–Trinajstić information content (AvgIpc) is 2.55. The number of carbonyl (C=O) groups excluding carboxylic acids is 3. The van der Waals surface area contributed by atoms with Crippen LogP contribution >= 0.6 is 0 Å². The molecule has 23 heavy (non-hydrogen) atoms. The quantitative estimate of drug-likeness (QED) is 0.577. The second-order valence-corrected chi connectivity index (χ2v) is 4.63. The van der Waals surface area contributed by atoms with Gasteiger partial charge in [-0.2, -0.15) is 0 Å². The van der Waals surface area contributed by atoms with Gasteiger partial charge in [0.2, 0.25) is 0 Å². The van der Waals surface area contributed by atoms with Gasteiger partial charge in [-0.15, -0.1) is 0 Å². The van der Waals surface area contributed by atoms with Gasteiger partial charge in [0.25, 0.3) is 0 Å². The minimum atomic E-state index is -0.691. The van der Waals surface area contributed by atoms with Crippen molar-refractivity contribution in [1.29, 1.82) is 0 Å². The van der Waals surface area contributed by atoms with Gasteiger partial charge in [-0.1, -0.05) is 24.3 Å². The Morgan fingerprint density at radius 2 is 1.09 bits per heavy atom. The molecule has 0 radical (unpaired) electrons. The Morgan fingerprint density at radius 1 is 0.609 bits per heavy atom. The van der Waals surface area contributed by atoms with Gasteiger partial charge in [-0.25, -0.2) is 0 Å². The van der Waals surface area contributed by atoms with Crippen molar-refractivity contribution < 1.29 is 29.7 Å². The molecule has 0 saturated carbocycles. The van der Waals surface area contributed by atoms with E-state index in [0.29, 0.717) is 18.1 Å². The summed E-state index contributed by atoms with van der Waals surface area (Å²) in [4.78, 5) is 33.3. The van der Waals surface area contributed by atoms with E-state index in [4.69, 9.17) is 0 Å². The standard InChI is InChI=1S/C17H12O6/c18-7-13-12(6-3-10-1-4-11(21)5-2-10)14(8-19)17(23)15(9-20)16(13)22/h1-9,21-23H. The van der Waals surface area contributed by atoms with Gasteiger partial charge < -0.3 is 15.3 Å². The Morgan fingerprint density at radius 3 is 1.52 bits per heavy atom. The predicted octanol–water partition coefficient (Wildman–Crippen LogP) is 2.41. The van der Waals surface area contributed by atoms with Crippen molar-refractivity contribution in [3.8, 4) is 17.2 Å². The van der Waals surface area contributed by atoms with Crippen molar-refractivity contribution in [2.24, 2.45) is 0 Å². The molecule has 0 bridgehead atoms. The largest absolute Gasteiger partial charge is 0.508 e. The van der Waals surface area contributed by atoms with Crippen molar-refractivity contribution in [3.63, 3.8) is 0 Å². The lowest BCUT2D eigenvalue weighted by molar-refractivity contribution is 0.111. The minimum Gasteiger partial charge on any atom is -0.508 e. The van der Waals surface area contributed by atoms with Gasteiger partial charge >= 0.3 is 0 Å². The number of hydrogen-bond acceptors (Lipinski definition) is 6. The van der Waals surface area contributed by atoms with Crippen LogP contribution in [0.4, 0.5) is 0 Å². The molecule has 0 aliphatic heterocycles. The van der Waals surface area contributed by atoms with E-state index >= 15 is 0 Å². The molecular formula is C17H12O6. The van der Waals surface area contributed by atoms with Crippen LogP contribution in [0, 0.1) is 0 Å². The number of rotatable bonds is 5. The van der Waals surface area contributed by atoms with Gasteiger partial charge in [0.15, 0.2) is 18.9 Å². The third kappa shape index (κ3) is 2.96. The summed E-state index contributed by atoms with van der Waals surface area (Å²) in [6.45, 7) is 0. The molecule has 0 amide bonds. The Hall–Kier alpha value is -3.41. The summed E-state index contributed by atoms with van der Waals surface area (Å²) in [5, 5.41) is 29.0. The zero-order valence-electron chi connectivity index (χ0n) is 11.8. The molecule has 116 valence electrons. The number of phenolic OH excluding ortho intramolecular Hbond substituents is 3. The molecule has 2 aromatic carbocycles. The minimum absolute atomic E-state index is 0.0105. The van der Waals surface area contributed by atoms with E-state index in [9.17, 15) is 29.7 Å². The highest BCUT2D eigenvalue weighted by atomic mass is 16.3. The molecule has 6 heteroatoms. The SMILES string of the molecule is O=Cc1c(O)c(C=O)c(C=Cc2ccc(O)cc2)c(C=O)c1O. The monoisotopic (exact) mass is 312 g/mol. The number of aldehydes is 3. The van der Waals surface area contributed by atoms with Crippen LogP contribution in [0.3, 0.4) is 0 Å². The number of aromatic hydroxyl groups is 3. The van der Waals surface area contributed by atoms with Gasteiger partial charge in [0.05, 0.1) is 16.7 Å². The first-order chi connectivity index (χ1) is 11.0. The lowest BCUT2D eigenvalue weighted by atomic mass is 9.95. The maximum Gasteiger partial charge on any atom is 0.157 e. The van der Waals surface area contributed by atoms with E-state index in [-0.39, 0.29) is 28.7 Å². The molecular weight excluding hydrogens is 300 g/mol. The number of phenols is 3. The Labute approximate surface area is 130 Å². The van der Waals surface area contributed by atoms with Crippen molar-refractivity contribution in [1.82, 2.24) is 0 Å². The lowest BCUT2D eigenvalue weighted by Crippen LogP contribution is -2.00. The molecule has 2 rings (SSSR count). The van der Waals surface area contributed by atoms with Crippen LogP contribution in [0.25, 0.3) is 12.2 Å². The summed E-state index contributed by atoms with van der Waals surface area (Å²) in [7, 11) is 0. The molecule has 2 aromatic rings. The maximum absolute atomic E-state index is 11.2. The van der Waals surface area contributed by atoms with Gasteiger partial charge in [0, 0.05) is 5.56 Å². The molecule has 0 aliphatic rings. The number of carbonyl (C=O) groups is 3. The zero-order valence-corrected chi connectivity index (χ0v) is 11.8. The van der Waals surface area contributed by atoms with Crippen LogP contribution in [0.1, 0.15) is 42.2 Å².